The van der Waals surface area contributed by atoms with Crippen molar-refractivity contribution in [2.45, 2.75) is 12.7 Å². The highest BCUT2D eigenvalue weighted by atomic mass is 32.2. The molecule has 1 N–H and O–H groups in total. The van der Waals surface area contributed by atoms with Crippen LogP contribution in [0.1, 0.15) is 11.5 Å². The summed E-state index contributed by atoms with van der Waals surface area (Å²) in [6.45, 7) is 1.63. The molecule has 6 nitrogen and oxygen atoms in total. The number of aromatic nitrogens is 1. The number of carbonyl (C=O) groups is 1. The summed E-state index contributed by atoms with van der Waals surface area (Å²) in [5.41, 5.74) is 0.226. The van der Waals surface area contributed by atoms with Crippen molar-refractivity contribution in [3.8, 4) is 0 Å². The molecule has 0 aliphatic rings. The first-order valence-corrected chi connectivity index (χ1v) is 5.55. The molecule has 7 heteroatoms. The topological polar surface area (TPSA) is 97.5 Å². The van der Waals surface area contributed by atoms with E-state index in [1.165, 1.54) is 6.07 Å². The molecule has 0 amide bonds. The number of nitrogens with zero attached hydrogens (tertiary/aromatic N) is 1. The molecule has 0 aromatic carbocycles. The lowest BCUT2D eigenvalue weighted by atomic mass is 10.4. The highest BCUT2D eigenvalue weighted by molar-refractivity contribution is 7.91. The molecule has 0 aliphatic heterocycles. The van der Waals surface area contributed by atoms with Crippen LogP contribution in [0.15, 0.2) is 10.6 Å². The molecule has 0 fully saturated rings. The van der Waals surface area contributed by atoms with Crippen LogP contribution < -0.4 is 0 Å². The molecule has 0 saturated carbocycles. The minimum atomic E-state index is -3.64. The molecule has 14 heavy (non-hydrogen) atoms. The van der Waals surface area contributed by atoms with Crippen LogP contribution in [0.5, 0.6) is 0 Å². The fraction of sp³-hybridized carbons (Fsp3) is 0.429. The van der Waals surface area contributed by atoms with Gasteiger partial charge in [0.2, 0.25) is 0 Å². The highest BCUT2D eigenvalue weighted by Gasteiger charge is 2.18. The molecule has 78 valence electrons. The van der Waals surface area contributed by atoms with Gasteiger partial charge in [-0.25, -0.2) is 8.42 Å². The van der Waals surface area contributed by atoms with Gasteiger partial charge in [-0.2, -0.15) is 0 Å². The van der Waals surface area contributed by atoms with Gasteiger partial charge in [-0.1, -0.05) is 5.16 Å². The minimum absolute atomic E-state index is 0.226. The van der Waals surface area contributed by atoms with Crippen LogP contribution in [-0.4, -0.2) is 30.4 Å². The number of carboxylic acid groups (broad SMARTS) is 1. The fourth-order valence-corrected chi connectivity index (χ4v) is 2.02. The molecule has 0 radical (unpaired) electrons. The first-order chi connectivity index (χ1) is 6.39. The molecular formula is C7H9NO5S. The van der Waals surface area contributed by atoms with Gasteiger partial charge in [0.25, 0.3) is 0 Å². The van der Waals surface area contributed by atoms with Crippen molar-refractivity contribution in [1.82, 2.24) is 5.16 Å². The lowest BCUT2D eigenvalue weighted by Gasteiger charge is -1.96. The van der Waals surface area contributed by atoms with Crippen molar-refractivity contribution in [2.24, 2.45) is 0 Å². The zero-order valence-corrected chi connectivity index (χ0v) is 8.24. The monoisotopic (exact) mass is 219 g/mol. The highest BCUT2D eigenvalue weighted by Crippen LogP contribution is 2.06. The number of hydrogen-bond donors (Lipinski definition) is 1. The quantitative estimate of drug-likeness (QED) is 0.764. The van der Waals surface area contributed by atoms with Crippen LogP contribution >= 0.6 is 0 Å². The van der Waals surface area contributed by atoms with E-state index in [0.717, 1.165) is 0 Å². The molecule has 0 spiro atoms. The van der Waals surface area contributed by atoms with E-state index < -0.39 is 27.3 Å². The van der Waals surface area contributed by atoms with Gasteiger partial charge in [-0.15, -0.1) is 0 Å². The number of hydrogen-bond acceptors (Lipinski definition) is 5. The van der Waals surface area contributed by atoms with Crippen LogP contribution in [0.25, 0.3) is 0 Å². The Kier molecular flexibility index (Phi) is 2.90. The molecule has 1 aromatic rings. The van der Waals surface area contributed by atoms with Gasteiger partial charge in [0, 0.05) is 6.07 Å². The SMILES string of the molecule is Cc1cc(CS(=O)(=O)CC(=O)O)no1. The average molecular weight is 219 g/mol. The van der Waals surface area contributed by atoms with Crippen LogP contribution in [0.3, 0.4) is 0 Å². The lowest BCUT2D eigenvalue weighted by Crippen LogP contribution is -2.17. The van der Waals surface area contributed by atoms with Gasteiger partial charge in [-0.05, 0) is 6.92 Å². The molecule has 0 unspecified atom stereocenters. The summed E-state index contributed by atoms with van der Waals surface area (Å²) in [7, 11) is -3.64. The second kappa shape index (κ2) is 3.79. The van der Waals surface area contributed by atoms with Crippen molar-refractivity contribution < 1.29 is 22.8 Å². The first kappa shape index (κ1) is 10.7. The third-order valence-electron chi connectivity index (χ3n) is 1.39. The van der Waals surface area contributed by atoms with Crippen LogP contribution in [-0.2, 0) is 20.4 Å². The maximum absolute atomic E-state index is 11.2. The lowest BCUT2D eigenvalue weighted by molar-refractivity contribution is -0.134. The smallest absolute Gasteiger partial charge is 0.318 e. The Balaban J connectivity index is 2.73. The van der Waals surface area contributed by atoms with E-state index >= 15 is 0 Å². The molecular weight excluding hydrogens is 210 g/mol. The summed E-state index contributed by atoms with van der Waals surface area (Å²) in [5.74, 6) is -2.18. The van der Waals surface area contributed by atoms with Crippen molar-refractivity contribution in [3.63, 3.8) is 0 Å². The number of aliphatic carboxylic acids is 1. The van der Waals surface area contributed by atoms with E-state index in [4.69, 9.17) is 5.11 Å². The summed E-state index contributed by atoms with van der Waals surface area (Å²) < 4.78 is 27.0. The van der Waals surface area contributed by atoms with Crippen molar-refractivity contribution >= 4 is 15.8 Å². The van der Waals surface area contributed by atoms with E-state index in [1.54, 1.807) is 6.92 Å². The molecule has 0 atom stereocenters. The Morgan fingerprint density at radius 3 is 2.71 bits per heavy atom. The van der Waals surface area contributed by atoms with Crippen molar-refractivity contribution in [1.29, 1.82) is 0 Å². The van der Waals surface area contributed by atoms with Gasteiger partial charge in [0.05, 0.1) is 11.4 Å². The maximum Gasteiger partial charge on any atom is 0.318 e. The van der Waals surface area contributed by atoms with Crippen molar-refractivity contribution in [3.05, 3.63) is 17.5 Å². The average Bonchev–Trinajstić information content (AvgIpc) is 2.30. The molecule has 0 aliphatic carbocycles. The molecule has 1 rings (SSSR count). The van der Waals surface area contributed by atoms with E-state index in [9.17, 15) is 13.2 Å². The van der Waals surface area contributed by atoms with Crippen LogP contribution in [0.2, 0.25) is 0 Å². The van der Waals surface area contributed by atoms with E-state index in [0.29, 0.717) is 5.76 Å². The van der Waals surface area contributed by atoms with Crippen LogP contribution in [0, 0.1) is 6.92 Å². The molecule has 1 heterocycles. The normalized spacial score (nSPS) is 11.5. The summed E-state index contributed by atoms with van der Waals surface area (Å²) in [4.78, 5) is 10.2. The van der Waals surface area contributed by atoms with Gasteiger partial charge in [0.15, 0.2) is 9.84 Å². The Hall–Kier alpha value is -1.37. The first-order valence-electron chi connectivity index (χ1n) is 3.73. The van der Waals surface area contributed by atoms with E-state index in [-0.39, 0.29) is 5.69 Å². The number of rotatable bonds is 4. The largest absolute Gasteiger partial charge is 0.480 e. The molecule has 1 aromatic heterocycles. The Morgan fingerprint density at radius 1 is 1.64 bits per heavy atom. The zero-order valence-electron chi connectivity index (χ0n) is 7.43. The van der Waals surface area contributed by atoms with Crippen molar-refractivity contribution in [2.75, 3.05) is 5.75 Å². The standard InChI is InChI=1S/C7H9NO5S/c1-5-2-6(8-13-5)3-14(11,12)4-7(9)10/h2H,3-4H2,1H3,(H,9,10). The van der Waals surface area contributed by atoms with Gasteiger partial charge < -0.3 is 9.63 Å². The fourth-order valence-electron chi connectivity index (χ4n) is 0.950. The Labute approximate surface area is 80.4 Å². The number of aryl methyl sites for hydroxylation is 1. The minimum Gasteiger partial charge on any atom is -0.480 e. The van der Waals surface area contributed by atoms with E-state index in [2.05, 4.69) is 9.68 Å². The number of carboxylic acids is 1. The third kappa shape index (κ3) is 3.17. The Bertz CT molecular complexity index is 433. The molecule has 0 bridgehead atoms. The molecule has 0 saturated heterocycles. The summed E-state index contributed by atoms with van der Waals surface area (Å²) in [6.07, 6.45) is 0. The second-order valence-electron chi connectivity index (χ2n) is 2.85. The summed E-state index contributed by atoms with van der Waals surface area (Å²) in [6, 6.07) is 1.46. The van der Waals surface area contributed by atoms with E-state index in [1.807, 2.05) is 0 Å². The van der Waals surface area contributed by atoms with Gasteiger partial charge >= 0.3 is 5.97 Å². The third-order valence-corrected chi connectivity index (χ3v) is 2.81. The predicted octanol–water partition coefficient (Wildman–Crippen LogP) is -0.0176. The van der Waals surface area contributed by atoms with Gasteiger partial charge in [-0.3, -0.25) is 4.79 Å². The van der Waals surface area contributed by atoms with Crippen LogP contribution in [0.4, 0.5) is 0 Å². The Morgan fingerprint density at radius 2 is 2.29 bits per heavy atom. The summed E-state index contributed by atoms with van der Waals surface area (Å²) in [5, 5.41) is 11.8. The summed E-state index contributed by atoms with van der Waals surface area (Å²) >= 11 is 0. The van der Waals surface area contributed by atoms with Gasteiger partial charge in [0.1, 0.15) is 11.5 Å². The zero-order chi connectivity index (χ0) is 10.8. The second-order valence-corrected chi connectivity index (χ2v) is 4.92. The maximum atomic E-state index is 11.2. The number of sulfone groups is 1. The predicted molar refractivity (Wildman–Crippen MR) is 46.4 cm³/mol.